The molecular weight excluding hydrogens is 324 g/mol. The number of carbonyl (C=O) groups excluding carboxylic acids is 1. The van der Waals surface area contributed by atoms with E-state index in [1.54, 1.807) is 10.9 Å². The molecule has 5 heteroatoms. The molecule has 1 aliphatic heterocycles. The Labute approximate surface area is 153 Å². The van der Waals surface area contributed by atoms with E-state index in [1.807, 2.05) is 49.5 Å². The Morgan fingerprint density at radius 3 is 2.62 bits per heavy atom. The van der Waals surface area contributed by atoms with Crippen molar-refractivity contribution in [3.8, 4) is 11.3 Å². The second kappa shape index (κ2) is 6.77. The minimum Gasteiger partial charge on any atom is -0.344 e. The lowest BCUT2D eigenvalue weighted by Crippen LogP contribution is -2.40. The molecule has 1 unspecified atom stereocenters. The number of aryl methyl sites for hydroxylation is 1. The van der Waals surface area contributed by atoms with E-state index in [0.717, 1.165) is 24.3 Å². The number of benzene rings is 2. The maximum atomic E-state index is 13.1. The maximum Gasteiger partial charge on any atom is 0.255 e. The van der Waals surface area contributed by atoms with Gasteiger partial charge in [0.15, 0.2) is 0 Å². The van der Waals surface area contributed by atoms with Crippen LogP contribution in [0.4, 0.5) is 0 Å². The van der Waals surface area contributed by atoms with Gasteiger partial charge in [0, 0.05) is 25.7 Å². The van der Waals surface area contributed by atoms with Gasteiger partial charge < -0.3 is 5.32 Å². The molecule has 1 aromatic heterocycles. The predicted molar refractivity (Wildman–Crippen MR) is 102 cm³/mol. The van der Waals surface area contributed by atoms with E-state index in [0.29, 0.717) is 5.56 Å². The Morgan fingerprint density at radius 1 is 1.08 bits per heavy atom. The third-order valence-electron chi connectivity index (χ3n) is 4.90. The summed E-state index contributed by atoms with van der Waals surface area (Å²) in [5, 5.41) is 7.52. The zero-order chi connectivity index (χ0) is 18.1. The number of rotatable bonds is 3. The third-order valence-corrected chi connectivity index (χ3v) is 4.90. The van der Waals surface area contributed by atoms with Gasteiger partial charge in [-0.2, -0.15) is 5.10 Å². The van der Waals surface area contributed by atoms with Gasteiger partial charge >= 0.3 is 0 Å². The Kier molecular flexibility index (Phi) is 4.31. The highest BCUT2D eigenvalue weighted by Crippen LogP contribution is 2.27. The number of nitrogens with one attached hydrogen (secondary N) is 1. The van der Waals surface area contributed by atoms with Crippen LogP contribution in [0.15, 0.2) is 60.8 Å². The van der Waals surface area contributed by atoms with Crippen molar-refractivity contribution < 1.29 is 4.79 Å². The van der Waals surface area contributed by atoms with Gasteiger partial charge in [0.25, 0.3) is 5.91 Å². The van der Waals surface area contributed by atoms with Crippen LogP contribution >= 0.6 is 0 Å². The van der Waals surface area contributed by atoms with Crippen LogP contribution in [-0.2, 0) is 13.6 Å². The monoisotopic (exact) mass is 346 g/mol. The number of hydrogen-bond donors (Lipinski definition) is 1. The van der Waals surface area contributed by atoms with E-state index in [2.05, 4.69) is 34.5 Å². The number of likely N-dealkylation sites (N-methyl/N-ethyl adjacent to an activating group) is 1. The van der Waals surface area contributed by atoms with Crippen LogP contribution in [0, 0.1) is 0 Å². The van der Waals surface area contributed by atoms with Crippen molar-refractivity contribution in [2.45, 2.75) is 12.6 Å². The van der Waals surface area contributed by atoms with Crippen LogP contribution < -0.4 is 5.32 Å². The lowest BCUT2D eigenvalue weighted by Gasteiger charge is -2.32. The van der Waals surface area contributed by atoms with E-state index in [4.69, 9.17) is 0 Å². The molecule has 0 saturated carbocycles. The molecular formula is C21H22N4O. The van der Waals surface area contributed by atoms with Crippen molar-refractivity contribution in [2.24, 2.45) is 7.05 Å². The summed E-state index contributed by atoms with van der Waals surface area (Å²) in [6.45, 7) is 1.70. The van der Waals surface area contributed by atoms with E-state index < -0.39 is 0 Å². The quantitative estimate of drug-likeness (QED) is 0.793. The molecule has 0 fully saturated rings. The number of carbonyl (C=O) groups is 1. The van der Waals surface area contributed by atoms with Crippen LogP contribution in [0.1, 0.15) is 27.5 Å². The van der Waals surface area contributed by atoms with Gasteiger partial charge in [0.05, 0.1) is 23.5 Å². The normalized spacial score (nSPS) is 16.9. The summed E-state index contributed by atoms with van der Waals surface area (Å²) in [6.07, 6.45) is 1.65. The molecule has 2 heterocycles. The molecule has 0 bridgehead atoms. The Morgan fingerprint density at radius 2 is 1.81 bits per heavy atom. The topological polar surface area (TPSA) is 50.2 Å². The molecule has 1 amide bonds. The van der Waals surface area contributed by atoms with Crippen molar-refractivity contribution in [3.05, 3.63) is 77.5 Å². The van der Waals surface area contributed by atoms with Crippen molar-refractivity contribution in [1.82, 2.24) is 20.0 Å². The average Bonchev–Trinajstić information content (AvgIpc) is 3.04. The molecule has 4 rings (SSSR count). The van der Waals surface area contributed by atoms with Gasteiger partial charge in [-0.1, -0.05) is 54.6 Å². The summed E-state index contributed by atoms with van der Waals surface area (Å²) < 4.78 is 1.76. The smallest absolute Gasteiger partial charge is 0.255 e. The SMILES string of the molecule is CN1Cc2ccccc2C(NC(=O)c2cnn(C)c2-c2ccccc2)C1. The molecule has 0 spiro atoms. The van der Waals surface area contributed by atoms with Gasteiger partial charge in [-0.25, -0.2) is 0 Å². The first-order valence-corrected chi connectivity index (χ1v) is 8.78. The standard InChI is InChI=1S/C21H22N4O/c1-24-13-16-10-6-7-11-17(16)19(14-24)23-21(26)18-12-22-25(2)20(18)15-8-4-3-5-9-15/h3-12,19H,13-14H2,1-2H3,(H,23,26). The zero-order valence-corrected chi connectivity index (χ0v) is 15.0. The van der Waals surface area contributed by atoms with Crippen molar-refractivity contribution in [3.63, 3.8) is 0 Å². The van der Waals surface area contributed by atoms with E-state index in [9.17, 15) is 4.79 Å². The van der Waals surface area contributed by atoms with E-state index in [-0.39, 0.29) is 11.9 Å². The fourth-order valence-electron chi connectivity index (χ4n) is 3.68. The predicted octanol–water partition coefficient (Wildman–Crippen LogP) is 3.00. The molecule has 3 aromatic rings. The number of nitrogens with zero attached hydrogens (tertiary/aromatic N) is 3. The van der Waals surface area contributed by atoms with Crippen LogP contribution in [0.2, 0.25) is 0 Å². The van der Waals surface area contributed by atoms with Crippen LogP contribution in [0.25, 0.3) is 11.3 Å². The highest BCUT2D eigenvalue weighted by atomic mass is 16.1. The van der Waals surface area contributed by atoms with Crippen molar-refractivity contribution in [2.75, 3.05) is 13.6 Å². The Hall–Kier alpha value is -2.92. The maximum absolute atomic E-state index is 13.1. The first-order valence-electron chi connectivity index (χ1n) is 8.78. The molecule has 0 saturated heterocycles. The molecule has 132 valence electrons. The fourth-order valence-corrected chi connectivity index (χ4v) is 3.68. The summed E-state index contributed by atoms with van der Waals surface area (Å²) >= 11 is 0. The zero-order valence-electron chi connectivity index (χ0n) is 15.0. The molecule has 1 atom stereocenters. The van der Waals surface area contributed by atoms with Crippen molar-refractivity contribution >= 4 is 5.91 Å². The summed E-state index contributed by atoms with van der Waals surface area (Å²) in [5.74, 6) is -0.0907. The molecule has 1 aliphatic rings. The molecule has 2 aromatic carbocycles. The molecule has 5 nitrogen and oxygen atoms in total. The first-order chi connectivity index (χ1) is 12.6. The minimum atomic E-state index is -0.0907. The van der Waals surface area contributed by atoms with E-state index in [1.165, 1.54) is 11.1 Å². The largest absolute Gasteiger partial charge is 0.344 e. The summed E-state index contributed by atoms with van der Waals surface area (Å²) in [6, 6.07) is 18.2. The summed E-state index contributed by atoms with van der Waals surface area (Å²) in [7, 11) is 3.94. The van der Waals surface area contributed by atoms with Gasteiger partial charge in [0.1, 0.15) is 0 Å². The molecule has 0 aliphatic carbocycles. The second-order valence-corrected chi connectivity index (χ2v) is 6.82. The number of amides is 1. The highest BCUT2D eigenvalue weighted by Gasteiger charge is 2.26. The van der Waals surface area contributed by atoms with Gasteiger partial charge in [-0.3, -0.25) is 14.4 Å². The van der Waals surface area contributed by atoms with E-state index >= 15 is 0 Å². The van der Waals surface area contributed by atoms with Gasteiger partial charge in [-0.15, -0.1) is 0 Å². The highest BCUT2D eigenvalue weighted by molar-refractivity contribution is 6.00. The summed E-state index contributed by atoms with van der Waals surface area (Å²) in [5.41, 5.74) is 4.88. The van der Waals surface area contributed by atoms with Crippen LogP contribution in [-0.4, -0.2) is 34.2 Å². The fraction of sp³-hybridized carbons (Fsp3) is 0.238. The first kappa shape index (κ1) is 16.5. The minimum absolute atomic E-state index is 0.0266. The molecule has 1 N–H and O–H groups in total. The van der Waals surface area contributed by atoms with Crippen molar-refractivity contribution in [1.29, 1.82) is 0 Å². The number of hydrogen-bond acceptors (Lipinski definition) is 3. The average molecular weight is 346 g/mol. The van der Waals surface area contributed by atoms with Gasteiger partial charge in [-0.05, 0) is 18.2 Å². The summed E-state index contributed by atoms with van der Waals surface area (Å²) in [4.78, 5) is 15.3. The lowest BCUT2D eigenvalue weighted by molar-refractivity contribution is 0.0922. The Bertz CT molecular complexity index is 932. The molecule has 26 heavy (non-hydrogen) atoms. The van der Waals surface area contributed by atoms with Gasteiger partial charge in [0.2, 0.25) is 0 Å². The third kappa shape index (κ3) is 3.02. The lowest BCUT2D eigenvalue weighted by atomic mass is 9.95. The second-order valence-electron chi connectivity index (χ2n) is 6.82. The number of aromatic nitrogens is 2. The van der Waals surface area contributed by atoms with Crippen LogP contribution in [0.5, 0.6) is 0 Å². The van der Waals surface area contributed by atoms with Crippen LogP contribution in [0.3, 0.4) is 0 Å². The Balaban J connectivity index is 1.65. The number of fused-ring (bicyclic) bond motifs is 1. The molecule has 0 radical (unpaired) electrons.